The molecule has 7 heteroatoms. The summed E-state index contributed by atoms with van der Waals surface area (Å²) in [6.45, 7) is 1.66. The molecule has 0 saturated carbocycles. The number of pyridine rings is 1. The van der Waals surface area contributed by atoms with E-state index in [1.165, 1.54) is 0 Å². The van der Waals surface area contributed by atoms with Crippen molar-refractivity contribution in [1.29, 1.82) is 0 Å². The maximum absolute atomic E-state index is 12.8. The molecule has 1 heterocycles. The topological polar surface area (TPSA) is 76.1 Å². The number of benzene rings is 2. The molecule has 0 saturated heterocycles. The highest BCUT2D eigenvalue weighted by Gasteiger charge is 2.29. The van der Waals surface area contributed by atoms with Gasteiger partial charge in [0, 0.05) is 40.6 Å². The van der Waals surface area contributed by atoms with Crippen LogP contribution in [0.3, 0.4) is 0 Å². The van der Waals surface area contributed by atoms with Crippen molar-refractivity contribution in [2.24, 2.45) is 0 Å². The number of carbonyl (C=O) groups excluding carboxylic acids is 1. The van der Waals surface area contributed by atoms with Gasteiger partial charge in [0.1, 0.15) is 5.25 Å². The SMILES string of the molecule is CCS(=O)(=O)C(c1ccccc1)c1ccc(CC#CNC(=O)c2ccncc2)cc1Br. The van der Waals surface area contributed by atoms with Gasteiger partial charge in [0.15, 0.2) is 9.84 Å². The zero-order valence-corrected chi connectivity index (χ0v) is 19.3. The van der Waals surface area contributed by atoms with Crippen molar-refractivity contribution in [3.05, 3.63) is 99.8 Å². The molecule has 1 unspecified atom stereocenters. The lowest BCUT2D eigenvalue weighted by atomic mass is 10.0. The molecule has 0 bridgehead atoms. The van der Waals surface area contributed by atoms with E-state index in [0.717, 1.165) is 11.1 Å². The standard InChI is InChI=1S/C24H21BrN2O3S/c1-2-31(29,30)23(19-8-4-3-5-9-19)21-11-10-18(17-22(21)25)7-6-14-27-24(28)20-12-15-26-16-13-20/h3-5,8-13,15-17,23H,2,7H2,1H3,(H,27,28). The van der Waals surface area contributed by atoms with E-state index < -0.39 is 15.1 Å². The van der Waals surface area contributed by atoms with Gasteiger partial charge in [-0.2, -0.15) is 0 Å². The summed E-state index contributed by atoms with van der Waals surface area (Å²) >= 11 is 3.54. The third kappa shape index (κ3) is 5.81. The lowest BCUT2D eigenvalue weighted by Crippen LogP contribution is -2.17. The molecule has 3 aromatic rings. The van der Waals surface area contributed by atoms with Crippen LogP contribution >= 0.6 is 15.9 Å². The molecule has 158 valence electrons. The first-order valence-electron chi connectivity index (χ1n) is 9.65. The van der Waals surface area contributed by atoms with Crippen LogP contribution in [0.2, 0.25) is 0 Å². The maximum Gasteiger partial charge on any atom is 0.262 e. The first-order valence-corrected chi connectivity index (χ1v) is 12.2. The van der Waals surface area contributed by atoms with Crippen LogP contribution in [-0.2, 0) is 16.3 Å². The van der Waals surface area contributed by atoms with E-state index in [4.69, 9.17) is 0 Å². The minimum absolute atomic E-state index is 0.0450. The Morgan fingerprint density at radius 3 is 2.45 bits per heavy atom. The Morgan fingerprint density at radius 2 is 1.81 bits per heavy atom. The van der Waals surface area contributed by atoms with Crippen LogP contribution < -0.4 is 5.32 Å². The number of rotatable bonds is 6. The van der Waals surface area contributed by atoms with Crippen LogP contribution in [0.25, 0.3) is 0 Å². The molecule has 5 nitrogen and oxygen atoms in total. The summed E-state index contributed by atoms with van der Waals surface area (Å²) in [5.41, 5.74) is 2.81. The lowest BCUT2D eigenvalue weighted by Gasteiger charge is -2.19. The molecule has 1 aromatic heterocycles. The highest BCUT2D eigenvalue weighted by Crippen LogP contribution is 2.35. The minimum Gasteiger partial charge on any atom is -0.281 e. The van der Waals surface area contributed by atoms with Gasteiger partial charge in [-0.05, 0) is 34.9 Å². The Bertz CT molecular complexity index is 1220. The Morgan fingerprint density at radius 1 is 1.10 bits per heavy atom. The number of amides is 1. The number of sulfone groups is 1. The normalized spacial score (nSPS) is 11.8. The highest BCUT2D eigenvalue weighted by molar-refractivity contribution is 9.10. The van der Waals surface area contributed by atoms with Gasteiger partial charge in [0.05, 0.1) is 0 Å². The van der Waals surface area contributed by atoms with Crippen LogP contribution in [-0.4, -0.2) is 25.1 Å². The molecule has 2 aromatic carbocycles. The fraction of sp³-hybridized carbons (Fsp3) is 0.167. The van der Waals surface area contributed by atoms with E-state index in [1.807, 2.05) is 48.5 Å². The first kappa shape index (κ1) is 22.7. The number of carbonyl (C=O) groups is 1. The Hall–Kier alpha value is -2.95. The molecule has 3 rings (SSSR count). The molecular weight excluding hydrogens is 476 g/mol. The van der Waals surface area contributed by atoms with Crippen molar-refractivity contribution >= 4 is 31.7 Å². The number of nitrogens with zero attached hydrogens (tertiary/aromatic N) is 1. The molecular formula is C24H21BrN2O3S. The Labute approximate surface area is 191 Å². The molecule has 0 aliphatic carbocycles. The summed E-state index contributed by atoms with van der Waals surface area (Å²) in [6, 6.07) is 20.6. The van der Waals surface area contributed by atoms with E-state index in [-0.39, 0.29) is 11.7 Å². The van der Waals surface area contributed by atoms with E-state index in [9.17, 15) is 13.2 Å². The second-order valence-corrected chi connectivity index (χ2v) is 10.00. The summed E-state index contributed by atoms with van der Waals surface area (Å²) < 4.78 is 26.4. The van der Waals surface area contributed by atoms with Gasteiger partial charge in [-0.25, -0.2) is 8.42 Å². The molecule has 1 atom stereocenters. The van der Waals surface area contributed by atoms with Crippen molar-refractivity contribution in [2.75, 3.05) is 5.75 Å². The van der Waals surface area contributed by atoms with E-state index in [0.29, 0.717) is 22.0 Å². The molecule has 1 amide bonds. The minimum atomic E-state index is -3.37. The number of aromatic nitrogens is 1. The first-order chi connectivity index (χ1) is 14.9. The smallest absolute Gasteiger partial charge is 0.262 e. The molecule has 1 N–H and O–H groups in total. The molecule has 0 aliphatic heterocycles. The maximum atomic E-state index is 12.8. The van der Waals surface area contributed by atoms with Gasteiger partial charge >= 0.3 is 0 Å². The number of halogens is 1. The van der Waals surface area contributed by atoms with Gasteiger partial charge < -0.3 is 0 Å². The van der Waals surface area contributed by atoms with Crippen LogP contribution in [0.1, 0.15) is 39.2 Å². The second kappa shape index (κ2) is 10.4. The monoisotopic (exact) mass is 496 g/mol. The van der Waals surface area contributed by atoms with E-state index in [2.05, 4.69) is 38.2 Å². The summed E-state index contributed by atoms with van der Waals surface area (Å²) in [5.74, 6) is 2.67. The van der Waals surface area contributed by atoms with Gasteiger partial charge in [-0.15, -0.1) is 0 Å². The van der Waals surface area contributed by atoms with Crippen LogP contribution in [0, 0.1) is 12.0 Å². The van der Waals surface area contributed by atoms with Gasteiger partial charge in [0.25, 0.3) is 5.91 Å². The average molecular weight is 497 g/mol. The fourth-order valence-corrected chi connectivity index (χ4v) is 5.39. The van der Waals surface area contributed by atoms with E-state index in [1.54, 1.807) is 31.5 Å². The van der Waals surface area contributed by atoms with Crippen molar-refractivity contribution < 1.29 is 13.2 Å². The third-order valence-electron chi connectivity index (χ3n) is 4.71. The van der Waals surface area contributed by atoms with Crippen LogP contribution in [0.5, 0.6) is 0 Å². The largest absolute Gasteiger partial charge is 0.281 e. The zero-order chi connectivity index (χ0) is 22.3. The van der Waals surface area contributed by atoms with Crippen LogP contribution in [0.4, 0.5) is 0 Å². The van der Waals surface area contributed by atoms with E-state index >= 15 is 0 Å². The van der Waals surface area contributed by atoms with Gasteiger partial charge in [-0.1, -0.05) is 71.2 Å². The summed E-state index contributed by atoms with van der Waals surface area (Å²) in [7, 11) is -3.37. The molecule has 0 spiro atoms. The molecule has 31 heavy (non-hydrogen) atoms. The average Bonchev–Trinajstić information content (AvgIpc) is 2.79. The predicted octanol–water partition coefficient (Wildman–Crippen LogP) is 4.30. The van der Waals surface area contributed by atoms with Gasteiger partial charge in [-0.3, -0.25) is 15.1 Å². The number of hydrogen-bond acceptors (Lipinski definition) is 4. The quantitative estimate of drug-likeness (QED) is 0.407. The third-order valence-corrected chi connectivity index (χ3v) is 7.45. The van der Waals surface area contributed by atoms with Gasteiger partial charge in [0.2, 0.25) is 0 Å². The van der Waals surface area contributed by atoms with Crippen molar-refractivity contribution in [2.45, 2.75) is 18.6 Å². The highest BCUT2D eigenvalue weighted by atomic mass is 79.9. The number of nitrogens with one attached hydrogen (secondary N) is 1. The Balaban J connectivity index is 1.77. The summed E-state index contributed by atoms with van der Waals surface area (Å²) in [5, 5.41) is 1.80. The molecule has 0 fully saturated rings. The molecule has 0 aliphatic rings. The predicted molar refractivity (Wildman–Crippen MR) is 125 cm³/mol. The summed E-state index contributed by atoms with van der Waals surface area (Å²) in [6.07, 6.45) is 3.50. The zero-order valence-electron chi connectivity index (χ0n) is 16.9. The van der Waals surface area contributed by atoms with Crippen molar-refractivity contribution in [3.63, 3.8) is 0 Å². The van der Waals surface area contributed by atoms with Crippen LogP contribution in [0.15, 0.2) is 77.5 Å². The Kier molecular flexibility index (Phi) is 7.61. The van der Waals surface area contributed by atoms with Crippen molar-refractivity contribution in [3.8, 4) is 12.0 Å². The fourth-order valence-electron chi connectivity index (χ4n) is 3.09. The van der Waals surface area contributed by atoms with Crippen molar-refractivity contribution in [1.82, 2.24) is 10.3 Å². The molecule has 0 radical (unpaired) electrons. The summed E-state index contributed by atoms with van der Waals surface area (Å²) in [4.78, 5) is 15.9. The number of hydrogen-bond donors (Lipinski definition) is 1. The lowest BCUT2D eigenvalue weighted by molar-refractivity contribution is 0.0973. The second-order valence-electron chi connectivity index (χ2n) is 6.77.